The second-order valence-electron chi connectivity index (χ2n) is 6.01. The molecule has 1 nitrogen and oxygen atoms in total. The van der Waals surface area contributed by atoms with E-state index in [4.69, 9.17) is 5.73 Å². The standard InChI is InChI=1S/C13H25N/c1-9-5-10(2)7-12(6-9)11-3-4-13(14)8-11/h9-13H,3-8,14H2,1-2H3. The Labute approximate surface area is 88.4 Å². The SMILES string of the molecule is CC1CC(C)CC(C2CCC(N)C2)C1. The fourth-order valence-corrected chi connectivity index (χ4v) is 3.87. The van der Waals surface area contributed by atoms with E-state index in [1.54, 1.807) is 0 Å². The molecule has 2 rings (SSSR count). The zero-order valence-electron chi connectivity index (χ0n) is 9.71. The van der Waals surface area contributed by atoms with Crippen LogP contribution >= 0.6 is 0 Å². The smallest absolute Gasteiger partial charge is 0.00416 e. The molecule has 82 valence electrons. The molecule has 0 spiro atoms. The van der Waals surface area contributed by atoms with E-state index in [-0.39, 0.29) is 0 Å². The summed E-state index contributed by atoms with van der Waals surface area (Å²) < 4.78 is 0. The van der Waals surface area contributed by atoms with E-state index in [0.29, 0.717) is 6.04 Å². The number of nitrogens with two attached hydrogens (primary N) is 1. The minimum atomic E-state index is 0.521. The van der Waals surface area contributed by atoms with Gasteiger partial charge in [0.1, 0.15) is 0 Å². The third-order valence-electron chi connectivity index (χ3n) is 4.40. The van der Waals surface area contributed by atoms with Crippen LogP contribution in [0.3, 0.4) is 0 Å². The van der Waals surface area contributed by atoms with Crippen molar-refractivity contribution in [2.24, 2.45) is 29.4 Å². The Kier molecular flexibility index (Phi) is 3.16. The number of rotatable bonds is 1. The van der Waals surface area contributed by atoms with Crippen LogP contribution in [0.4, 0.5) is 0 Å². The quantitative estimate of drug-likeness (QED) is 0.683. The lowest BCUT2D eigenvalue weighted by molar-refractivity contribution is 0.161. The highest BCUT2D eigenvalue weighted by molar-refractivity contribution is 4.86. The zero-order valence-corrected chi connectivity index (χ0v) is 9.71. The Hall–Kier alpha value is -0.0400. The highest BCUT2D eigenvalue weighted by Crippen LogP contribution is 2.42. The van der Waals surface area contributed by atoms with Crippen molar-refractivity contribution in [2.75, 3.05) is 0 Å². The summed E-state index contributed by atoms with van der Waals surface area (Å²) in [5.74, 6) is 3.89. The third-order valence-corrected chi connectivity index (χ3v) is 4.40. The van der Waals surface area contributed by atoms with Crippen molar-refractivity contribution in [3.05, 3.63) is 0 Å². The minimum Gasteiger partial charge on any atom is -0.328 e. The van der Waals surface area contributed by atoms with E-state index < -0.39 is 0 Å². The summed E-state index contributed by atoms with van der Waals surface area (Å²) in [6, 6.07) is 0.521. The average molecular weight is 195 g/mol. The van der Waals surface area contributed by atoms with Crippen molar-refractivity contribution < 1.29 is 0 Å². The normalized spacial score (nSPS) is 49.5. The first kappa shape index (κ1) is 10.5. The van der Waals surface area contributed by atoms with Gasteiger partial charge in [0.2, 0.25) is 0 Å². The van der Waals surface area contributed by atoms with Gasteiger partial charge in [-0.05, 0) is 62.2 Å². The molecule has 0 bridgehead atoms. The van der Waals surface area contributed by atoms with Gasteiger partial charge in [0.15, 0.2) is 0 Å². The van der Waals surface area contributed by atoms with E-state index in [2.05, 4.69) is 13.8 Å². The minimum absolute atomic E-state index is 0.521. The lowest BCUT2D eigenvalue weighted by atomic mass is 9.71. The molecule has 2 aliphatic carbocycles. The number of hydrogen-bond acceptors (Lipinski definition) is 1. The predicted octanol–water partition coefficient (Wildman–Crippen LogP) is 3.19. The van der Waals surface area contributed by atoms with Crippen LogP contribution in [-0.4, -0.2) is 6.04 Å². The molecule has 0 aromatic rings. The van der Waals surface area contributed by atoms with Gasteiger partial charge in [-0.2, -0.15) is 0 Å². The molecule has 0 amide bonds. The van der Waals surface area contributed by atoms with Gasteiger partial charge < -0.3 is 5.73 Å². The van der Waals surface area contributed by atoms with E-state index in [9.17, 15) is 0 Å². The first-order valence-corrected chi connectivity index (χ1v) is 6.40. The molecule has 14 heavy (non-hydrogen) atoms. The maximum atomic E-state index is 6.00. The molecule has 0 saturated heterocycles. The second kappa shape index (κ2) is 4.22. The van der Waals surface area contributed by atoms with Crippen LogP contribution < -0.4 is 5.73 Å². The Morgan fingerprint density at radius 3 is 1.93 bits per heavy atom. The van der Waals surface area contributed by atoms with Crippen LogP contribution in [0.5, 0.6) is 0 Å². The molecule has 2 aliphatic rings. The van der Waals surface area contributed by atoms with Gasteiger partial charge in [-0.25, -0.2) is 0 Å². The van der Waals surface area contributed by atoms with Gasteiger partial charge in [-0.3, -0.25) is 0 Å². The molecular weight excluding hydrogens is 170 g/mol. The monoisotopic (exact) mass is 195 g/mol. The first-order chi connectivity index (χ1) is 6.65. The fourth-order valence-electron chi connectivity index (χ4n) is 3.87. The summed E-state index contributed by atoms with van der Waals surface area (Å²) in [5, 5.41) is 0. The highest BCUT2D eigenvalue weighted by Gasteiger charge is 2.33. The molecule has 0 radical (unpaired) electrons. The molecule has 1 heteroatoms. The third kappa shape index (κ3) is 2.31. The maximum Gasteiger partial charge on any atom is 0.00416 e. The largest absolute Gasteiger partial charge is 0.328 e. The van der Waals surface area contributed by atoms with Crippen molar-refractivity contribution in [2.45, 2.75) is 58.4 Å². The second-order valence-corrected chi connectivity index (χ2v) is 6.01. The summed E-state index contributed by atoms with van der Waals surface area (Å²) in [6.07, 6.45) is 8.40. The van der Waals surface area contributed by atoms with Crippen molar-refractivity contribution in [1.29, 1.82) is 0 Å². The van der Waals surface area contributed by atoms with E-state index in [0.717, 1.165) is 23.7 Å². The molecule has 0 aromatic heterocycles. The molecule has 4 atom stereocenters. The molecule has 2 saturated carbocycles. The summed E-state index contributed by atoms with van der Waals surface area (Å²) in [5.41, 5.74) is 6.00. The molecule has 4 unspecified atom stereocenters. The molecule has 0 aromatic carbocycles. The van der Waals surface area contributed by atoms with Crippen molar-refractivity contribution >= 4 is 0 Å². The summed E-state index contributed by atoms with van der Waals surface area (Å²) in [4.78, 5) is 0. The zero-order chi connectivity index (χ0) is 10.1. The molecule has 0 aliphatic heterocycles. The lowest BCUT2D eigenvalue weighted by Crippen LogP contribution is -2.25. The van der Waals surface area contributed by atoms with Crippen LogP contribution in [0.1, 0.15) is 52.4 Å². The summed E-state index contributed by atoms with van der Waals surface area (Å²) in [7, 11) is 0. The van der Waals surface area contributed by atoms with Crippen molar-refractivity contribution in [3.63, 3.8) is 0 Å². The van der Waals surface area contributed by atoms with Crippen LogP contribution in [0.25, 0.3) is 0 Å². The van der Waals surface area contributed by atoms with Crippen LogP contribution in [0, 0.1) is 23.7 Å². The van der Waals surface area contributed by atoms with Gasteiger partial charge >= 0.3 is 0 Å². The predicted molar refractivity (Wildman–Crippen MR) is 61.0 cm³/mol. The summed E-state index contributed by atoms with van der Waals surface area (Å²) >= 11 is 0. The Bertz CT molecular complexity index is 180. The average Bonchev–Trinajstić information content (AvgIpc) is 2.50. The lowest BCUT2D eigenvalue weighted by Gasteiger charge is -2.35. The fraction of sp³-hybridized carbons (Fsp3) is 1.00. The Morgan fingerprint density at radius 2 is 1.43 bits per heavy atom. The van der Waals surface area contributed by atoms with Gasteiger partial charge in [-0.1, -0.05) is 13.8 Å². The van der Waals surface area contributed by atoms with Crippen molar-refractivity contribution in [3.8, 4) is 0 Å². The van der Waals surface area contributed by atoms with Gasteiger partial charge in [0, 0.05) is 6.04 Å². The van der Waals surface area contributed by atoms with E-state index >= 15 is 0 Å². The number of hydrogen-bond donors (Lipinski definition) is 1. The Balaban J connectivity index is 1.90. The van der Waals surface area contributed by atoms with E-state index in [1.165, 1.54) is 38.5 Å². The van der Waals surface area contributed by atoms with Gasteiger partial charge in [0.05, 0.1) is 0 Å². The molecule has 2 fully saturated rings. The molecule has 0 heterocycles. The topological polar surface area (TPSA) is 26.0 Å². The van der Waals surface area contributed by atoms with Crippen LogP contribution in [0.15, 0.2) is 0 Å². The first-order valence-electron chi connectivity index (χ1n) is 6.40. The highest BCUT2D eigenvalue weighted by atomic mass is 14.7. The maximum absolute atomic E-state index is 6.00. The van der Waals surface area contributed by atoms with Crippen molar-refractivity contribution in [1.82, 2.24) is 0 Å². The molecule has 2 N–H and O–H groups in total. The van der Waals surface area contributed by atoms with Crippen LogP contribution in [-0.2, 0) is 0 Å². The van der Waals surface area contributed by atoms with Gasteiger partial charge in [0.25, 0.3) is 0 Å². The van der Waals surface area contributed by atoms with E-state index in [1.807, 2.05) is 0 Å². The van der Waals surface area contributed by atoms with Gasteiger partial charge in [-0.15, -0.1) is 0 Å². The van der Waals surface area contributed by atoms with Crippen LogP contribution in [0.2, 0.25) is 0 Å². The Morgan fingerprint density at radius 1 is 0.786 bits per heavy atom. The summed E-state index contributed by atoms with van der Waals surface area (Å²) in [6.45, 7) is 4.86. The molecular formula is C13H25N.